The number of ketones is 1. The minimum atomic E-state index is -1.15. The predicted octanol–water partition coefficient (Wildman–Crippen LogP) is 3.21. The van der Waals surface area contributed by atoms with Gasteiger partial charge in [0.2, 0.25) is 5.91 Å². The second-order valence-electron chi connectivity index (χ2n) is 9.95. The van der Waals surface area contributed by atoms with Crippen LogP contribution in [0.5, 0.6) is 0 Å². The summed E-state index contributed by atoms with van der Waals surface area (Å²) in [5, 5.41) is 13.4. The summed E-state index contributed by atoms with van der Waals surface area (Å²) in [6.07, 6.45) is -1.34. The third-order valence-electron chi connectivity index (χ3n) is 6.84. The number of aromatic nitrogens is 2. The zero-order valence-electron chi connectivity index (χ0n) is 24.4. The van der Waals surface area contributed by atoms with Gasteiger partial charge in [0.1, 0.15) is 11.7 Å². The van der Waals surface area contributed by atoms with Crippen LogP contribution in [0, 0.1) is 0 Å². The first-order valence-electron chi connectivity index (χ1n) is 14.1. The molecule has 44 heavy (non-hydrogen) atoms. The molecular weight excluding hydrogens is 570 g/mol. The van der Waals surface area contributed by atoms with E-state index >= 15 is 0 Å². The predicted molar refractivity (Wildman–Crippen MR) is 157 cm³/mol. The molecule has 1 aromatic heterocycles. The molecule has 2 N–H and O–H groups in total. The third-order valence-corrected chi connectivity index (χ3v) is 6.84. The maximum atomic E-state index is 13.6. The van der Waals surface area contributed by atoms with Gasteiger partial charge in [0.25, 0.3) is 5.91 Å². The van der Waals surface area contributed by atoms with E-state index in [0.29, 0.717) is 22.4 Å². The van der Waals surface area contributed by atoms with Crippen LogP contribution in [-0.2, 0) is 19.2 Å². The van der Waals surface area contributed by atoms with Crippen LogP contribution >= 0.6 is 0 Å². The summed E-state index contributed by atoms with van der Waals surface area (Å²) in [6, 6.07) is 16.2. The van der Waals surface area contributed by atoms with Gasteiger partial charge >= 0.3 is 12.1 Å². The Morgan fingerprint density at radius 1 is 0.932 bits per heavy atom. The average Bonchev–Trinajstić information content (AvgIpc) is 3.03. The normalized spacial score (nSPS) is 13.9. The van der Waals surface area contributed by atoms with Gasteiger partial charge in [0.15, 0.2) is 11.6 Å². The topological polar surface area (TPSA) is 168 Å². The van der Waals surface area contributed by atoms with Gasteiger partial charge in [0, 0.05) is 36.2 Å². The molecule has 4 rings (SSSR count). The Bertz CT molecular complexity index is 1510. The van der Waals surface area contributed by atoms with Crippen molar-refractivity contribution < 1.29 is 38.7 Å². The highest BCUT2D eigenvalue weighted by molar-refractivity contribution is 5.97. The van der Waals surface area contributed by atoms with Crippen molar-refractivity contribution in [1.29, 1.82) is 0 Å². The number of hydrogen-bond acceptors (Lipinski definition) is 10. The smallest absolute Gasteiger partial charge is 0.481 e. The summed E-state index contributed by atoms with van der Waals surface area (Å²) in [4.78, 5) is 77.5. The van der Waals surface area contributed by atoms with E-state index in [4.69, 9.17) is 9.57 Å². The van der Waals surface area contributed by atoms with E-state index in [1.165, 1.54) is 23.0 Å². The number of nitrogens with one attached hydrogen (secondary N) is 1. The molecule has 0 aliphatic carbocycles. The lowest BCUT2D eigenvalue weighted by atomic mass is 10.1. The molecule has 13 nitrogen and oxygen atoms in total. The standard InChI is InChI=1S/C31H33N5O8/c1-3-43-31(42)44-36-17-15-35(16-18-36)30(41)24(13-14-27(38)39)34-29(40)26-19-25(22-11-9-21(10-12-22)20(2)37)32-28(33-26)23-7-5-4-6-8-23/h4-12,19,24H,3,13-18H2,1-2H3,(H,34,40)(H,38,39)/t24-/m0/s1. The Hall–Kier alpha value is -5.17. The number of carboxylic acid groups (broad SMARTS) is 1. The minimum Gasteiger partial charge on any atom is -0.481 e. The van der Waals surface area contributed by atoms with Crippen molar-refractivity contribution in [3.8, 4) is 22.6 Å². The fraction of sp³-hybridized carbons (Fsp3) is 0.323. The van der Waals surface area contributed by atoms with Crippen molar-refractivity contribution in [2.45, 2.75) is 32.7 Å². The van der Waals surface area contributed by atoms with E-state index in [1.54, 1.807) is 43.3 Å². The van der Waals surface area contributed by atoms with Gasteiger partial charge in [-0.15, -0.1) is 5.06 Å². The summed E-state index contributed by atoms with van der Waals surface area (Å²) in [5.41, 5.74) is 2.22. The molecule has 0 bridgehead atoms. The van der Waals surface area contributed by atoms with Gasteiger partial charge in [-0.3, -0.25) is 19.2 Å². The monoisotopic (exact) mass is 603 g/mol. The van der Waals surface area contributed by atoms with E-state index < -0.39 is 30.0 Å². The van der Waals surface area contributed by atoms with Crippen LogP contribution in [0.25, 0.3) is 22.6 Å². The molecule has 230 valence electrons. The van der Waals surface area contributed by atoms with Gasteiger partial charge in [-0.1, -0.05) is 54.6 Å². The van der Waals surface area contributed by atoms with Crippen LogP contribution in [-0.4, -0.2) is 93.6 Å². The minimum absolute atomic E-state index is 0.0229. The van der Waals surface area contributed by atoms with Gasteiger partial charge in [-0.05, 0) is 26.3 Å². The second-order valence-corrected chi connectivity index (χ2v) is 9.95. The summed E-state index contributed by atoms with van der Waals surface area (Å²) in [7, 11) is 0. The Balaban J connectivity index is 1.57. The quantitative estimate of drug-likeness (QED) is 0.244. The lowest BCUT2D eigenvalue weighted by molar-refractivity contribution is -0.157. The Kier molecular flexibility index (Phi) is 10.7. The van der Waals surface area contributed by atoms with E-state index in [-0.39, 0.29) is 62.9 Å². The first-order chi connectivity index (χ1) is 21.1. The highest BCUT2D eigenvalue weighted by Crippen LogP contribution is 2.23. The molecule has 2 aromatic carbocycles. The molecule has 2 amide bonds. The van der Waals surface area contributed by atoms with Crippen LogP contribution in [0.1, 0.15) is 47.5 Å². The van der Waals surface area contributed by atoms with Gasteiger partial charge in [-0.2, -0.15) is 0 Å². The number of carboxylic acids is 1. The molecule has 1 atom stereocenters. The van der Waals surface area contributed by atoms with Crippen LogP contribution in [0.15, 0.2) is 60.7 Å². The van der Waals surface area contributed by atoms with Gasteiger partial charge in [0.05, 0.1) is 25.4 Å². The highest BCUT2D eigenvalue weighted by atomic mass is 16.8. The SMILES string of the molecule is CCOC(=O)ON1CCN(C(=O)[C@H](CCC(=O)O)NC(=O)c2cc(-c3ccc(C(C)=O)cc3)nc(-c3ccccc3)n2)CC1. The number of amides is 2. The molecule has 0 radical (unpaired) electrons. The van der Waals surface area contributed by atoms with E-state index in [1.807, 2.05) is 18.2 Å². The van der Waals surface area contributed by atoms with Crippen molar-refractivity contribution >= 4 is 29.7 Å². The van der Waals surface area contributed by atoms with Gasteiger partial charge < -0.3 is 24.9 Å². The number of rotatable bonds is 11. The molecular formula is C31H33N5O8. The Labute approximate surface area is 253 Å². The molecule has 0 unspecified atom stereocenters. The number of piperazine rings is 1. The average molecular weight is 604 g/mol. The summed E-state index contributed by atoms with van der Waals surface area (Å²) < 4.78 is 4.77. The van der Waals surface area contributed by atoms with Crippen LogP contribution in [0.2, 0.25) is 0 Å². The lowest BCUT2D eigenvalue weighted by Crippen LogP contribution is -2.55. The number of Topliss-reactive ketones (excluding diaryl/α,β-unsaturated/α-hetero) is 1. The van der Waals surface area contributed by atoms with Crippen LogP contribution in [0.4, 0.5) is 4.79 Å². The van der Waals surface area contributed by atoms with E-state index in [2.05, 4.69) is 15.3 Å². The Morgan fingerprint density at radius 3 is 2.23 bits per heavy atom. The van der Waals surface area contributed by atoms with Crippen molar-refractivity contribution in [3.63, 3.8) is 0 Å². The zero-order chi connectivity index (χ0) is 31.6. The van der Waals surface area contributed by atoms with Crippen molar-refractivity contribution in [2.75, 3.05) is 32.8 Å². The van der Waals surface area contributed by atoms with Crippen molar-refractivity contribution in [3.05, 3.63) is 71.9 Å². The molecule has 2 heterocycles. The number of nitrogens with zero attached hydrogens (tertiary/aromatic N) is 4. The maximum Gasteiger partial charge on any atom is 0.527 e. The van der Waals surface area contributed by atoms with Crippen LogP contribution in [0.3, 0.4) is 0 Å². The molecule has 1 saturated heterocycles. The maximum absolute atomic E-state index is 13.6. The van der Waals surface area contributed by atoms with E-state index in [9.17, 15) is 29.1 Å². The first-order valence-corrected chi connectivity index (χ1v) is 14.1. The first kappa shape index (κ1) is 31.8. The van der Waals surface area contributed by atoms with Crippen LogP contribution < -0.4 is 5.32 Å². The number of aliphatic carboxylic acids is 1. The number of hydroxylamine groups is 2. The van der Waals surface area contributed by atoms with Gasteiger partial charge in [-0.25, -0.2) is 14.8 Å². The number of ether oxygens (including phenoxy) is 1. The summed E-state index contributed by atoms with van der Waals surface area (Å²) >= 11 is 0. The fourth-order valence-electron chi connectivity index (χ4n) is 4.53. The second kappa shape index (κ2) is 14.8. The summed E-state index contributed by atoms with van der Waals surface area (Å²) in [5.74, 6) is -2.08. The highest BCUT2D eigenvalue weighted by Gasteiger charge is 2.31. The fourth-order valence-corrected chi connectivity index (χ4v) is 4.53. The van der Waals surface area contributed by atoms with Crippen molar-refractivity contribution in [1.82, 2.24) is 25.2 Å². The number of carbonyl (C=O) groups excluding carboxylic acids is 4. The molecule has 0 saturated carbocycles. The molecule has 0 spiro atoms. The third kappa shape index (κ3) is 8.44. The number of benzene rings is 2. The number of carbonyl (C=O) groups is 5. The zero-order valence-corrected chi connectivity index (χ0v) is 24.4. The summed E-state index contributed by atoms with van der Waals surface area (Å²) in [6.45, 7) is 4.07. The molecule has 13 heteroatoms. The largest absolute Gasteiger partial charge is 0.527 e. The Morgan fingerprint density at radius 2 is 1.61 bits per heavy atom. The van der Waals surface area contributed by atoms with Crippen molar-refractivity contribution in [2.24, 2.45) is 0 Å². The molecule has 1 fully saturated rings. The molecule has 1 aliphatic heterocycles. The number of hydrogen-bond donors (Lipinski definition) is 2. The molecule has 1 aliphatic rings. The molecule has 3 aromatic rings. The van der Waals surface area contributed by atoms with E-state index in [0.717, 1.165) is 0 Å². The lowest BCUT2D eigenvalue weighted by Gasteiger charge is -2.35.